The Hall–Kier alpha value is -2.03. The second-order valence-electron chi connectivity index (χ2n) is 4.92. The average Bonchev–Trinajstić information content (AvgIpc) is 2.98. The van der Waals surface area contributed by atoms with Crippen LogP contribution in [0.5, 0.6) is 0 Å². The molecule has 0 aliphatic heterocycles. The summed E-state index contributed by atoms with van der Waals surface area (Å²) in [6, 6.07) is 17.1. The Morgan fingerprint density at radius 3 is 2.41 bits per heavy atom. The minimum atomic E-state index is 0.505. The van der Waals surface area contributed by atoms with Gasteiger partial charge < -0.3 is 4.42 Å². The maximum Gasteiger partial charge on any atom is 0.145 e. The molecule has 1 heterocycles. The highest BCUT2D eigenvalue weighted by atomic mass is 35.5. The molecule has 3 aromatic rings. The van der Waals surface area contributed by atoms with Gasteiger partial charge in [0.25, 0.3) is 0 Å². The highest BCUT2D eigenvalue weighted by Crippen LogP contribution is 2.29. The summed E-state index contributed by atoms with van der Waals surface area (Å²) in [7, 11) is 0. The second-order valence-corrected chi connectivity index (χ2v) is 5.74. The molecule has 0 amide bonds. The Kier molecular flexibility index (Phi) is 4.32. The van der Waals surface area contributed by atoms with Gasteiger partial charge in [-0.2, -0.15) is 0 Å². The zero-order valence-corrected chi connectivity index (χ0v) is 13.4. The van der Waals surface area contributed by atoms with Crippen molar-refractivity contribution in [3.63, 3.8) is 0 Å². The lowest BCUT2D eigenvalue weighted by Crippen LogP contribution is -1.77. The molecule has 0 radical (unpaired) electrons. The van der Waals surface area contributed by atoms with Crippen LogP contribution in [0.3, 0.4) is 0 Å². The van der Waals surface area contributed by atoms with Crippen molar-refractivity contribution in [3.8, 4) is 11.3 Å². The fourth-order valence-corrected chi connectivity index (χ4v) is 2.29. The van der Waals surface area contributed by atoms with Gasteiger partial charge in [-0.3, -0.25) is 4.99 Å². The van der Waals surface area contributed by atoms with Gasteiger partial charge in [-0.25, -0.2) is 0 Å². The highest BCUT2D eigenvalue weighted by molar-refractivity contribution is 6.42. The Balaban J connectivity index is 1.81. The summed E-state index contributed by atoms with van der Waals surface area (Å²) in [5.41, 5.74) is 2.97. The van der Waals surface area contributed by atoms with Gasteiger partial charge in [-0.05, 0) is 49.4 Å². The number of furan rings is 1. The Labute approximate surface area is 139 Å². The summed E-state index contributed by atoms with van der Waals surface area (Å²) in [6.07, 6.45) is 1.70. The lowest BCUT2D eigenvalue weighted by molar-refractivity contribution is 0.575. The maximum absolute atomic E-state index is 6.02. The number of aliphatic imine (C=N–C) groups is 1. The highest BCUT2D eigenvalue weighted by Gasteiger charge is 2.06. The van der Waals surface area contributed by atoms with Crippen LogP contribution in [0.4, 0.5) is 5.69 Å². The third kappa shape index (κ3) is 3.41. The lowest BCUT2D eigenvalue weighted by atomic mass is 10.2. The van der Waals surface area contributed by atoms with Crippen molar-refractivity contribution >= 4 is 35.1 Å². The van der Waals surface area contributed by atoms with E-state index in [-0.39, 0.29) is 0 Å². The normalized spacial score (nSPS) is 11.2. The summed E-state index contributed by atoms with van der Waals surface area (Å²) >= 11 is 11.9. The van der Waals surface area contributed by atoms with Gasteiger partial charge in [0.15, 0.2) is 0 Å². The van der Waals surface area contributed by atoms with E-state index in [0.29, 0.717) is 15.8 Å². The van der Waals surface area contributed by atoms with Gasteiger partial charge in [0, 0.05) is 5.56 Å². The van der Waals surface area contributed by atoms with Crippen LogP contribution < -0.4 is 0 Å². The third-order valence-corrected chi connectivity index (χ3v) is 3.94. The van der Waals surface area contributed by atoms with E-state index in [1.807, 2.05) is 49.4 Å². The zero-order chi connectivity index (χ0) is 15.5. The van der Waals surface area contributed by atoms with E-state index in [9.17, 15) is 0 Å². The van der Waals surface area contributed by atoms with Gasteiger partial charge in [-0.1, -0.05) is 40.9 Å². The molecule has 2 nitrogen and oxygen atoms in total. The summed E-state index contributed by atoms with van der Waals surface area (Å²) in [6.45, 7) is 2.05. The van der Waals surface area contributed by atoms with Gasteiger partial charge >= 0.3 is 0 Å². The molecular formula is C18H13Cl2NO. The van der Waals surface area contributed by atoms with E-state index in [1.54, 1.807) is 18.3 Å². The van der Waals surface area contributed by atoms with Crippen molar-refractivity contribution in [2.24, 2.45) is 4.99 Å². The van der Waals surface area contributed by atoms with Gasteiger partial charge in [0.05, 0.1) is 21.9 Å². The number of benzene rings is 2. The van der Waals surface area contributed by atoms with Gasteiger partial charge in [0.1, 0.15) is 11.5 Å². The third-order valence-electron chi connectivity index (χ3n) is 3.21. The van der Waals surface area contributed by atoms with Crippen LogP contribution >= 0.6 is 23.2 Å². The minimum Gasteiger partial charge on any atom is -0.455 e. The number of aryl methyl sites for hydroxylation is 1. The number of nitrogens with zero attached hydrogens (tertiary/aromatic N) is 1. The van der Waals surface area contributed by atoms with Crippen LogP contribution in [0, 0.1) is 6.92 Å². The van der Waals surface area contributed by atoms with Crippen LogP contribution in [0.25, 0.3) is 11.3 Å². The van der Waals surface area contributed by atoms with E-state index in [4.69, 9.17) is 27.6 Å². The molecule has 0 saturated carbocycles. The lowest BCUT2D eigenvalue weighted by Gasteiger charge is -1.99. The monoisotopic (exact) mass is 329 g/mol. The van der Waals surface area contributed by atoms with Crippen molar-refractivity contribution in [2.45, 2.75) is 6.92 Å². The van der Waals surface area contributed by atoms with Crippen LogP contribution in [-0.4, -0.2) is 6.21 Å². The van der Waals surface area contributed by atoms with Crippen LogP contribution in [0.15, 0.2) is 64.0 Å². The predicted octanol–water partition coefficient (Wildman–Crippen LogP) is 6.31. The van der Waals surface area contributed by atoms with E-state index < -0.39 is 0 Å². The number of hydrogen-bond donors (Lipinski definition) is 0. The molecule has 0 unspecified atom stereocenters. The number of halogens is 2. The molecule has 0 aliphatic rings. The molecule has 0 aliphatic carbocycles. The average molecular weight is 330 g/mol. The molecule has 0 N–H and O–H groups in total. The summed E-state index contributed by atoms with van der Waals surface area (Å²) < 4.78 is 5.76. The van der Waals surface area contributed by atoms with E-state index in [1.165, 1.54) is 5.56 Å². The largest absolute Gasteiger partial charge is 0.455 e. The van der Waals surface area contributed by atoms with E-state index >= 15 is 0 Å². The molecule has 22 heavy (non-hydrogen) atoms. The first-order chi connectivity index (χ1) is 10.6. The number of hydrogen-bond acceptors (Lipinski definition) is 2. The first-order valence-corrected chi connectivity index (χ1v) is 7.53. The molecule has 1 aromatic heterocycles. The Morgan fingerprint density at radius 1 is 0.909 bits per heavy atom. The second kappa shape index (κ2) is 6.39. The molecule has 0 spiro atoms. The Bertz CT molecular complexity index is 819. The Morgan fingerprint density at radius 2 is 1.68 bits per heavy atom. The maximum atomic E-state index is 6.02. The molecule has 0 saturated heterocycles. The van der Waals surface area contributed by atoms with E-state index in [0.717, 1.165) is 17.0 Å². The van der Waals surface area contributed by atoms with E-state index in [2.05, 4.69) is 4.99 Å². The minimum absolute atomic E-state index is 0.505. The molecular weight excluding hydrogens is 317 g/mol. The molecule has 2 aromatic carbocycles. The molecule has 110 valence electrons. The molecule has 3 rings (SSSR count). The standard InChI is InChI=1S/C18H13Cl2NO/c1-12-2-5-14(6-3-12)21-11-15-7-9-18(22-15)13-4-8-16(19)17(20)10-13/h2-11H,1H3. The van der Waals surface area contributed by atoms with Gasteiger partial charge in [-0.15, -0.1) is 0 Å². The van der Waals surface area contributed by atoms with Gasteiger partial charge in [0.2, 0.25) is 0 Å². The topological polar surface area (TPSA) is 25.5 Å². The first kappa shape index (κ1) is 14.9. The van der Waals surface area contributed by atoms with Crippen LogP contribution in [-0.2, 0) is 0 Å². The fraction of sp³-hybridized carbons (Fsp3) is 0.0556. The quantitative estimate of drug-likeness (QED) is 0.516. The smallest absolute Gasteiger partial charge is 0.145 e. The predicted molar refractivity (Wildman–Crippen MR) is 92.6 cm³/mol. The fourth-order valence-electron chi connectivity index (χ4n) is 2.00. The molecule has 4 heteroatoms. The molecule has 0 fully saturated rings. The van der Waals surface area contributed by atoms with Crippen molar-refractivity contribution in [3.05, 3.63) is 76.0 Å². The summed E-state index contributed by atoms with van der Waals surface area (Å²) in [5, 5.41) is 1.03. The van der Waals surface area contributed by atoms with Crippen molar-refractivity contribution in [1.29, 1.82) is 0 Å². The first-order valence-electron chi connectivity index (χ1n) is 6.78. The molecule has 0 bridgehead atoms. The molecule has 0 atom stereocenters. The number of rotatable bonds is 3. The summed E-state index contributed by atoms with van der Waals surface area (Å²) in [5.74, 6) is 1.41. The van der Waals surface area contributed by atoms with Crippen molar-refractivity contribution < 1.29 is 4.42 Å². The summed E-state index contributed by atoms with van der Waals surface area (Å²) in [4.78, 5) is 4.39. The van der Waals surface area contributed by atoms with Crippen molar-refractivity contribution in [1.82, 2.24) is 0 Å². The van der Waals surface area contributed by atoms with Crippen LogP contribution in [0.2, 0.25) is 10.0 Å². The van der Waals surface area contributed by atoms with Crippen molar-refractivity contribution in [2.75, 3.05) is 0 Å². The SMILES string of the molecule is Cc1ccc(N=Cc2ccc(-c3ccc(Cl)c(Cl)c3)o2)cc1. The zero-order valence-electron chi connectivity index (χ0n) is 11.9. The van der Waals surface area contributed by atoms with Crippen LogP contribution in [0.1, 0.15) is 11.3 Å².